The predicted molar refractivity (Wildman–Crippen MR) is 96.1 cm³/mol. The quantitative estimate of drug-likeness (QED) is 0.847. The van der Waals surface area contributed by atoms with Crippen molar-refractivity contribution in [2.24, 2.45) is 16.6 Å². The third-order valence-electron chi connectivity index (χ3n) is 4.99. The van der Waals surface area contributed by atoms with Gasteiger partial charge in [-0.2, -0.15) is 13.2 Å². The highest BCUT2D eigenvalue weighted by Gasteiger charge is 2.52. The lowest BCUT2D eigenvalue weighted by Crippen LogP contribution is -2.56. The number of amides is 1. The first-order valence-electron chi connectivity index (χ1n) is 8.51. The van der Waals surface area contributed by atoms with Gasteiger partial charge in [-0.1, -0.05) is 25.5 Å². The van der Waals surface area contributed by atoms with Crippen LogP contribution < -0.4 is 11.1 Å². The lowest BCUT2D eigenvalue weighted by molar-refractivity contribution is -0.137. The van der Waals surface area contributed by atoms with Crippen molar-refractivity contribution < 1.29 is 18.0 Å². The molecule has 5 nitrogen and oxygen atoms in total. The molecule has 0 radical (unpaired) electrons. The summed E-state index contributed by atoms with van der Waals surface area (Å²) in [4.78, 5) is 18.5. The lowest BCUT2D eigenvalue weighted by Gasteiger charge is -2.48. The molecular weight excluding hydrogens is 357 g/mol. The summed E-state index contributed by atoms with van der Waals surface area (Å²) < 4.78 is 40.4. The van der Waals surface area contributed by atoms with Crippen LogP contribution in [0, 0.1) is 12.8 Å². The number of carbonyl (C=O) groups excluding carboxylic acids is 1. The molecule has 27 heavy (non-hydrogen) atoms. The summed E-state index contributed by atoms with van der Waals surface area (Å²) in [6.45, 7) is 6.94. The van der Waals surface area contributed by atoms with Crippen LogP contribution in [0.25, 0.3) is 0 Å². The summed E-state index contributed by atoms with van der Waals surface area (Å²) >= 11 is 0. The molecule has 1 amide bonds. The molecule has 3 N–H and O–H groups in total. The average molecular weight is 378 g/mol. The number of nitrogens with one attached hydrogen (secondary N) is 1. The van der Waals surface area contributed by atoms with Crippen LogP contribution in [0.1, 0.15) is 37.5 Å². The molecule has 0 bridgehead atoms. The smallest absolute Gasteiger partial charge is 0.366 e. The zero-order chi connectivity index (χ0) is 20.1. The zero-order valence-electron chi connectivity index (χ0n) is 15.5. The van der Waals surface area contributed by atoms with Crippen molar-refractivity contribution in [3.8, 4) is 0 Å². The molecule has 1 atom stereocenters. The van der Waals surface area contributed by atoms with Crippen LogP contribution >= 0.6 is 0 Å². The molecule has 1 aromatic carbocycles. The molecule has 0 aliphatic carbocycles. The molecule has 2 aliphatic rings. The van der Waals surface area contributed by atoms with Gasteiger partial charge >= 0.3 is 6.18 Å². The van der Waals surface area contributed by atoms with Gasteiger partial charge in [0.25, 0.3) is 0 Å². The van der Waals surface area contributed by atoms with Gasteiger partial charge in [0.15, 0.2) is 0 Å². The van der Waals surface area contributed by atoms with Gasteiger partial charge in [-0.25, -0.2) is 4.99 Å². The van der Waals surface area contributed by atoms with Gasteiger partial charge in [-0.05, 0) is 37.5 Å². The highest BCUT2D eigenvalue weighted by atomic mass is 19.4. The number of alkyl halides is 3. The summed E-state index contributed by atoms with van der Waals surface area (Å²) in [5, 5.41) is 2.97. The van der Waals surface area contributed by atoms with Gasteiger partial charge in [0.1, 0.15) is 5.54 Å². The number of benzene rings is 1. The maximum absolute atomic E-state index is 13.5. The number of hydrogen-bond acceptors (Lipinski definition) is 4. The van der Waals surface area contributed by atoms with Gasteiger partial charge in [0.05, 0.1) is 16.8 Å². The Morgan fingerprint density at radius 1 is 1.26 bits per heavy atom. The second kappa shape index (κ2) is 6.14. The highest BCUT2D eigenvalue weighted by molar-refractivity contribution is 6.00. The fourth-order valence-corrected chi connectivity index (χ4v) is 4.02. The van der Waals surface area contributed by atoms with Crippen LogP contribution in [0.3, 0.4) is 0 Å². The maximum Gasteiger partial charge on any atom is 0.416 e. The summed E-state index contributed by atoms with van der Waals surface area (Å²) in [7, 11) is 0. The molecular formula is C19H21F3N4O. The number of guanidine groups is 1. The van der Waals surface area contributed by atoms with Crippen LogP contribution in [-0.4, -0.2) is 16.8 Å². The molecule has 1 aromatic rings. The fourth-order valence-electron chi connectivity index (χ4n) is 4.02. The number of rotatable bonds is 3. The molecule has 0 fully saturated rings. The molecule has 144 valence electrons. The van der Waals surface area contributed by atoms with Crippen molar-refractivity contribution in [2.75, 3.05) is 0 Å². The Bertz CT molecular complexity index is 899. The summed E-state index contributed by atoms with van der Waals surface area (Å²) in [5.74, 6) is -0.548. The van der Waals surface area contributed by atoms with E-state index in [2.05, 4.69) is 10.3 Å². The number of aryl methyl sites for hydroxylation is 1. The molecule has 0 saturated carbocycles. The normalized spacial score (nSPS) is 22.1. The van der Waals surface area contributed by atoms with Crippen molar-refractivity contribution in [2.45, 2.75) is 39.4 Å². The van der Waals surface area contributed by atoms with E-state index in [0.717, 1.165) is 12.1 Å². The first kappa shape index (κ1) is 19.0. The summed E-state index contributed by atoms with van der Waals surface area (Å²) in [6, 6.07) is 3.85. The van der Waals surface area contributed by atoms with Gasteiger partial charge < -0.3 is 16.0 Å². The number of hydrogen-bond donors (Lipinski definition) is 2. The monoisotopic (exact) mass is 378 g/mol. The van der Waals surface area contributed by atoms with Crippen LogP contribution in [0.2, 0.25) is 0 Å². The van der Waals surface area contributed by atoms with E-state index in [0.29, 0.717) is 22.8 Å². The van der Waals surface area contributed by atoms with Crippen molar-refractivity contribution in [3.63, 3.8) is 0 Å². The number of fused-ring (bicyclic) bond motifs is 1. The Kier molecular flexibility index (Phi) is 4.32. The number of carbonyl (C=O) groups is 1. The van der Waals surface area contributed by atoms with Crippen molar-refractivity contribution in [1.82, 2.24) is 10.2 Å². The average Bonchev–Trinajstić information content (AvgIpc) is 2.99. The minimum absolute atomic E-state index is 0.188. The SMILES string of the molecule is CC1=C(C(N)=O)C(c2cc(C)cc(C(F)(F)F)c2)(C(C)C)N2C=CNC2=N1. The molecule has 0 saturated heterocycles. The zero-order valence-corrected chi connectivity index (χ0v) is 15.5. The Labute approximate surface area is 155 Å². The van der Waals surface area contributed by atoms with Crippen molar-refractivity contribution >= 4 is 11.9 Å². The Balaban J connectivity index is 2.40. The van der Waals surface area contributed by atoms with Gasteiger partial charge in [0, 0.05) is 12.4 Å². The van der Waals surface area contributed by atoms with Crippen LogP contribution in [0.4, 0.5) is 13.2 Å². The van der Waals surface area contributed by atoms with E-state index >= 15 is 0 Å². The molecule has 1 unspecified atom stereocenters. The number of halogens is 3. The van der Waals surface area contributed by atoms with Crippen molar-refractivity contribution in [3.05, 3.63) is 58.6 Å². The highest BCUT2D eigenvalue weighted by Crippen LogP contribution is 2.48. The van der Waals surface area contributed by atoms with Gasteiger partial charge in [0.2, 0.25) is 11.9 Å². The van der Waals surface area contributed by atoms with E-state index in [4.69, 9.17) is 5.73 Å². The molecule has 2 aliphatic heterocycles. The Morgan fingerprint density at radius 2 is 1.93 bits per heavy atom. The number of aliphatic imine (C=N–C) groups is 1. The molecule has 0 aromatic heterocycles. The Hall–Kier alpha value is -2.77. The third-order valence-corrected chi connectivity index (χ3v) is 4.99. The van der Waals surface area contributed by atoms with Crippen LogP contribution in [-0.2, 0) is 16.5 Å². The van der Waals surface area contributed by atoms with Gasteiger partial charge in [-0.15, -0.1) is 0 Å². The number of allylic oxidation sites excluding steroid dienone is 1. The number of nitrogens with zero attached hydrogens (tertiary/aromatic N) is 2. The van der Waals surface area contributed by atoms with Gasteiger partial charge in [-0.3, -0.25) is 4.79 Å². The predicted octanol–water partition coefficient (Wildman–Crippen LogP) is 3.37. The minimum Gasteiger partial charge on any atom is -0.366 e. The molecule has 2 heterocycles. The minimum atomic E-state index is -4.50. The largest absolute Gasteiger partial charge is 0.416 e. The standard InChI is InChI=1S/C19H21F3N4O/c1-10(2)18(13-7-11(3)8-14(9-13)19(20,21)22)15(16(23)27)12(4)25-17-24-5-6-26(17)18/h5-10H,1-4H3,(H2,23,27)(H,24,25). The third kappa shape index (κ3) is 2.79. The maximum atomic E-state index is 13.5. The van der Waals surface area contributed by atoms with Crippen molar-refractivity contribution in [1.29, 1.82) is 0 Å². The number of nitrogens with two attached hydrogens (primary N) is 1. The van der Waals surface area contributed by atoms with E-state index in [1.165, 1.54) is 0 Å². The lowest BCUT2D eigenvalue weighted by atomic mass is 9.70. The summed E-state index contributed by atoms with van der Waals surface area (Å²) in [6.07, 6.45) is -1.20. The van der Waals surface area contributed by atoms with Crippen LogP contribution in [0.15, 0.2) is 46.9 Å². The van der Waals surface area contributed by atoms with E-state index in [-0.39, 0.29) is 11.5 Å². The first-order chi connectivity index (χ1) is 12.5. The van der Waals surface area contributed by atoms with E-state index in [1.54, 1.807) is 37.2 Å². The Morgan fingerprint density at radius 3 is 2.48 bits per heavy atom. The summed E-state index contributed by atoms with van der Waals surface area (Å²) in [5.41, 5.74) is 5.08. The second-order valence-electron chi connectivity index (χ2n) is 7.10. The fraction of sp³-hybridized carbons (Fsp3) is 0.368. The van der Waals surface area contributed by atoms with E-state index in [9.17, 15) is 18.0 Å². The number of primary amides is 1. The topological polar surface area (TPSA) is 70.7 Å². The van der Waals surface area contributed by atoms with E-state index < -0.39 is 23.2 Å². The second-order valence-corrected chi connectivity index (χ2v) is 7.10. The van der Waals surface area contributed by atoms with Crippen LogP contribution in [0.5, 0.6) is 0 Å². The van der Waals surface area contributed by atoms with E-state index in [1.807, 2.05) is 13.8 Å². The first-order valence-corrected chi connectivity index (χ1v) is 8.51. The molecule has 0 spiro atoms. The molecule has 3 rings (SSSR count). The molecule has 8 heteroatoms.